The minimum atomic E-state index is -4.90. The molecule has 2 aromatic heterocycles. The number of aliphatic hydroxyl groups is 1. The molecule has 172 valence electrons. The third-order valence-electron chi connectivity index (χ3n) is 4.40. The summed E-state index contributed by atoms with van der Waals surface area (Å²) in [4.78, 5) is 18.2. The molecule has 4 aromatic rings. The van der Waals surface area contributed by atoms with E-state index in [9.17, 15) is 23.1 Å². The van der Waals surface area contributed by atoms with Crippen molar-refractivity contribution in [2.75, 3.05) is 11.9 Å². The highest BCUT2D eigenvalue weighted by Crippen LogP contribution is 2.34. The lowest BCUT2D eigenvalue weighted by Gasteiger charge is -2.15. The van der Waals surface area contributed by atoms with E-state index in [0.29, 0.717) is 5.69 Å². The first-order valence-electron chi connectivity index (χ1n) is 9.22. The van der Waals surface area contributed by atoms with Gasteiger partial charge < -0.3 is 23.9 Å². The number of benzene rings is 2. The minimum Gasteiger partial charge on any atom is -0.423 e. The zero-order valence-electron chi connectivity index (χ0n) is 16.7. The summed E-state index contributed by atoms with van der Waals surface area (Å²) in [6.45, 7) is -0.588. The van der Waals surface area contributed by atoms with Gasteiger partial charge in [0.2, 0.25) is 5.76 Å². The smallest absolute Gasteiger partial charge is 0.423 e. The predicted molar refractivity (Wildman–Crippen MR) is 109 cm³/mol. The fourth-order valence-corrected chi connectivity index (χ4v) is 3.11. The monoisotopic (exact) mass is 482 g/mol. The highest BCUT2D eigenvalue weighted by molar-refractivity contribution is 6.32. The Morgan fingerprint density at radius 1 is 1.24 bits per heavy atom. The van der Waals surface area contributed by atoms with Gasteiger partial charge in [0, 0.05) is 18.8 Å². The molecule has 33 heavy (non-hydrogen) atoms. The third-order valence-corrected chi connectivity index (χ3v) is 4.69. The number of alkyl halides is 3. The zero-order chi connectivity index (χ0) is 23.8. The quantitative estimate of drug-likeness (QED) is 0.433. The molecule has 0 spiro atoms. The van der Waals surface area contributed by atoms with Crippen molar-refractivity contribution in [3.63, 3.8) is 0 Å². The van der Waals surface area contributed by atoms with Crippen molar-refractivity contribution in [2.24, 2.45) is 0 Å². The highest BCUT2D eigenvalue weighted by atomic mass is 35.5. The number of hydrogen-bond acceptors (Lipinski definition) is 7. The molecule has 0 unspecified atom stereocenters. The van der Waals surface area contributed by atoms with E-state index in [-0.39, 0.29) is 34.1 Å². The van der Waals surface area contributed by atoms with E-state index in [1.807, 2.05) is 0 Å². The number of halogens is 4. The van der Waals surface area contributed by atoms with Gasteiger partial charge in [-0.25, -0.2) is 0 Å². The summed E-state index contributed by atoms with van der Waals surface area (Å²) < 4.78 is 52.9. The van der Waals surface area contributed by atoms with Crippen LogP contribution in [0.3, 0.4) is 0 Å². The van der Waals surface area contributed by atoms with E-state index < -0.39 is 24.6 Å². The summed E-state index contributed by atoms with van der Waals surface area (Å²) >= 11 is 5.80. The normalized spacial score (nSPS) is 11.6. The van der Waals surface area contributed by atoms with Crippen LogP contribution in [-0.2, 0) is 6.61 Å². The standard InChI is InChI=1S/C20H14ClF3N4O5/c1-27(11-5-3-2-4-6-11)17(30)16-14(10-29)28-19(32-16)25-18(26-28)31-12-7-8-15(13(21)9-12)33-20(22,23)24/h2-9,29H,10H2,1H3. The van der Waals surface area contributed by atoms with E-state index in [1.165, 1.54) is 11.0 Å². The van der Waals surface area contributed by atoms with Gasteiger partial charge in [0.05, 0.1) is 11.6 Å². The second-order valence-electron chi connectivity index (χ2n) is 6.57. The Hall–Kier alpha value is -3.77. The molecule has 0 bridgehead atoms. The lowest BCUT2D eigenvalue weighted by atomic mass is 10.2. The van der Waals surface area contributed by atoms with Gasteiger partial charge in [0.15, 0.2) is 0 Å². The molecule has 1 amide bonds. The number of carbonyl (C=O) groups excluding carboxylic acids is 1. The van der Waals surface area contributed by atoms with Crippen LogP contribution in [0.2, 0.25) is 5.02 Å². The molecule has 2 heterocycles. The molecular formula is C20H14ClF3N4O5. The number of anilines is 1. The van der Waals surface area contributed by atoms with Crippen LogP contribution < -0.4 is 14.4 Å². The summed E-state index contributed by atoms with van der Waals surface area (Å²) in [5.41, 5.74) is 0.638. The second kappa shape index (κ2) is 8.64. The molecular weight excluding hydrogens is 469 g/mol. The third kappa shape index (κ3) is 4.71. The molecule has 0 aliphatic carbocycles. The largest absolute Gasteiger partial charge is 0.573 e. The fraction of sp³-hybridized carbons (Fsp3) is 0.150. The molecule has 0 radical (unpaired) electrons. The van der Waals surface area contributed by atoms with Crippen LogP contribution in [-0.4, -0.2) is 39.0 Å². The van der Waals surface area contributed by atoms with E-state index in [4.69, 9.17) is 20.8 Å². The lowest BCUT2D eigenvalue weighted by Crippen LogP contribution is -2.27. The average molecular weight is 483 g/mol. The number of aromatic nitrogens is 3. The van der Waals surface area contributed by atoms with Crippen molar-refractivity contribution in [3.05, 3.63) is 65.0 Å². The Kier molecular flexibility index (Phi) is 5.87. The number of ether oxygens (including phenoxy) is 2. The molecule has 0 aliphatic rings. The number of para-hydroxylation sites is 1. The van der Waals surface area contributed by atoms with Crippen molar-refractivity contribution in [2.45, 2.75) is 13.0 Å². The summed E-state index contributed by atoms with van der Waals surface area (Å²) in [5.74, 6) is -1.42. The number of aliphatic hydroxyl groups excluding tert-OH is 1. The van der Waals surface area contributed by atoms with Gasteiger partial charge in [-0.1, -0.05) is 29.8 Å². The molecule has 0 aliphatic heterocycles. The number of hydrogen-bond donors (Lipinski definition) is 1. The zero-order valence-corrected chi connectivity index (χ0v) is 17.5. The van der Waals surface area contributed by atoms with Crippen LogP contribution in [0, 0.1) is 0 Å². The fourth-order valence-electron chi connectivity index (χ4n) is 2.90. The minimum absolute atomic E-state index is 0.0217. The van der Waals surface area contributed by atoms with Crippen LogP contribution >= 0.6 is 11.6 Å². The first-order chi connectivity index (χ1) is 15.7. The van der Waals surface area contributed by atoms with E-state index >= 15 is 0 Å². The molecule has 1 N–H and O–H groups in total. The molecule has 13 heteroatoms. The Morgan fingerprint density at radius 2 is 1.97 bits per heavy atom. The van der Waals surface area contributed by atoms with Gasteiger partial charge in [-0.3, -0.25) is 4.79 Å². The Bertz CT molecular complexity index is 1310. The molecule has 9 nitrogen and oxygen atoms in total. The van der Waals surface area contributed by atoms with Gasteiger partial charge in [0.25, 0.3) is 5.91 Å². The predicted octanol–water partition coefficient (Wildman–Crippen LogP) is 4.44. The molecule has 0 fully saturated rings. The van der Waals surface area contributed by atoms with Crippen LogP contribution in [0.4, 0.5) is 18.9 Å². The van der Waals surface area contributed by atoms with Crippen LogP contribution in [0.5, 0.6) is 17.5 Å². The number of rotatable bonds is 6. The first-order valence-corrected chi connectivity index (χ1v) is 9.59. The summed E-state index contributed by atoms with van der Waals surface area (Å²) in [6.07, 6.45) is -4.90. The molecule has 0 atom stereocenters. The topological polar surface area (TPSA) is 102 Å². The number of nitrogens with zero attached hydrogens (tertiary/aromatic N) is 4. The van der Waals surface area contributed by atoms with Gasteiger partial charge in [-0.15, -0.1) is 23.3 Å². The molecule has 0 saturated carbocycles. The summed E-state index contributed by atoms with van der Waals surface area (Å²) in [6, 6.07) is 11.8. The van der Waals surface area contributed by atoms with Crippen LogP contribution in [0.25, 0.3) is 5.84 Å². The highest BCUT2D eigenvalue weighted by Gasteiger charge is 2.32. The van der Waals surface area contributed by atoms with E-state index in [0.717, 1.165) is 16.6 Å². The Morgan fingerprint density at radius 3 is 2.61 bits per heavy atom. The molecule has 4 rings (SSSR count). The number of fused-ring (bicyclic) bond motifs is 1. The molecule has 0 saturated heterocycles. The summed E-state index contributed by atoms with van der Waals surface area (Å²) in [7, 11) is 1.54. The second-order valence-corrected chi connectivity index (χ2v) is 6.97. The Balaban J connectivity index is 1.58. The Labute approximate surface area is 188 Å². The van der Waals surface area contributed by atoms with E-state index in [2.05, 4.69) is 14.8 Å². The van der Waals surface area contributed by atoms with Gasteiger partial charge >= 0.3 is 18.2 Å². The molecule has 2 aromatic carbocycles. The van der Waals surface area contributed by atoms with Crippen molar-refractivity contribution >= 4 is 29.0 Å². The number of carbonyl (C=O) groups is 1. The van der Waals surface area contributed by atoms with Crippen LogP contribution in [0.1, 0.15) is 16.2 Å². The maximum atomic E-state index is 12.9. The average Bonchev–Trinajstić information content (AvgIpc) is 3.31. The van der Waals surface area contributed by atoms with Gasteiger partial charge in [-0.2, -0.15) is 4.52 Å². The van der Waals surface area contributed by atoms with Gasteiger partial charge in [0.1, 0.15) is 17.2 Å². The van der Waals surface area contributed by atoms with Gasteiger partial charge in [-0.05, 0) is 24.3 Å². The first kappa shape index (κ1) is 22.4. The van der Waals surface area contributed by atoms with Crippen molar-refractivity contribution in [1.82, 2.24) is 14.6 Å². The lowest BCUT2D eigenvalue weighted by molar-refractivity contribution is -0.274. The summed E-state index contributed by atoms with van der Waals surface area (Å²) in [5, 5.41) is 13.5. The maximum Gasteiger partial charge on any atom is 0.573 e. The van der Waals surface area contributed by atoms with Crippen molar-refractivity contribution in [3.8, 4) is 17.5 Å². The maximum absolute atomic E-state index is 12.9. The van der Waals surface area contributed by atoms with E-state index in [1.54, 1.807) is 37.4 Å². The number of amides is 1. The SMILES string of the molecule is CN(C(=O)c1oc2nc(Oc3ccc(OC(F)(F)F)c(Cl)c3)nn2c1CO)c1ccccc1. The van der Waals surface area contributed by atoms with Crippen molar-refractivity contribution in [1.29, 1.82) is 0 Å². The van der Waals surface area contributed by atoms with Crippen molar-refractivity contribution < 1.29 is 37.0 Å². The van der Waals surface area contributed by atoms with Crippen LogP contribution in [0.15, 0.2) is 52.9 Å². The number of oxazole rings is 1.